The van der Waals surface area contributed by atoms with Gasteiger partial charge in [0.25, 0.3) is 0 Å². The quantitative estimate of drug-likeness (QED) is 0.759. The monoisotopic (exact) mass is 242 g/mol. The molecule has 4 heteroatoms. The van der Waals surface area contributed by atoms with Crippen molar-refractivity contribution in [2.75, 3.05) is 19.6 Å². The highest BCUT2D eigenvalue weighted by molar-refractivity contribution is 5.76. The third-order valence-electron chi connectivity index (χ3n) is 3.59. The predicted octanol–water partition coefficient (Wildman–Crippen LogP) is 1.12. The molecule has 1 heterocycles. The molecule has 0 aliphatic carbocycles. The maximum Gasteiger partial charge on any atom is 0.222 e. The van der Waals surface area contributed by atoms with E-state index in [0.717, 1.165) is 32.2 Å². The number of carbonyl (C=O) groups is 1. The first-order valence-electron chi connectivity index (χ1n) is 6.60. The smallest absolute Gasteiger partial charge is 0.222 e. The lowest BCUT2D eigenvalue weighted by molar-refractivity contribution is -0.134. The van der Waals surface area contributed by atoms with E-state index >= 15 is 0 Å². The third-order valence-corrected chi connectivity index (χ3v) is 3.59. The second kappa shape index (κ2) is 6.36. The summed E-state index contributed by atoms with van der Waals surface area (Å²) in [6.45, 7) is 6.28. The average Bonchev–Trinajstić information content (AvgIpc) is 2.26. The van der Waals surface area contributed by atoms with E-state index in [2.05, 4.69) is 13.8 Å². The van der Waals surface area contributed by atoms with Crippen molar-refractivity contribution in [3.05, 3.63) is 0 Å². The molecule has 1 rings (SSSR count). The first-order chi connectivity index (χ1) is 7.94. The first-order valence-corrected chi connectivity index (χ1v) is 6.60. The minimum Gasteiger partial charge on any atom is -0.391 e. The molecule has 1 fully saturated rings. The topological polar surface area (TPSA) is 66.6 Å². The van der Waals surface area contributed by atoms with Gasteiger partial charge in [-0.15, -0.1) is 0 Å². The van der Waals surface area contributed by atoms with Crippen LogP contribution in [0.2, 0.25) is 0 Å². The molecule has 100 valence electrons. The highest BCUT2D eigenvalue weighted by Gasteiger charge is 2.24. The van der Waals surface area contributed by atoms with E-state index in [-0.39, 0.29) is 17.4 Å². The summed E-state index contributed by atoms with van der Waals surface area (Å²) in [5, 5.41) is 9.53. The maximum atomic E-state index is 12.0. The largest absolute Gasteiger partial charge is 0.391 e. The number of amides is 1. The highest BCUT2D eigenvalue weighted by atomic mass is 16.3. The molecule has 0 radical (unpaired) electrons. The third kappa shape index (κ3) is 5.04. The van der Waals surface area contributed by atoms with Crippen LogP contribution in [0.25, 0.3) is 0 Å². The SMILES string of the molecule is CC(C)(CCN)CCC(=O)N1CCC[C@H](O)C1. The van der Waals surface area contributed by atoms with Crippen LogP contribution >= 0.6 is 0 Å². The van der Waals surface area contributed by atoms with Crippen molar-refractivity contribution in [3.63, 3.8) is 0 Å². The summed E-state index contributed by atoms with van der Waals surface area (Å²) >= 11 is 0. The van der Waals surface area contributed by atoms with Crippen molar-refractivity contribution in [2.24, 2.45) is 11.1 Å². The van der Waals surface area contributed by atoms with Gasteiger partial charge in [0.1, 0.15) is 0 Å². The average molecular weight is 242 g/mol. The number of aliphatic hydroxyl groups excluding tert-OH is 1. The van der Waals surface area contributed by atoms with Crippen LogP contribution in [-0.2, 0) is 4.79 Å². The number of likely N-dealkylation sites (tertiary alicyclic amines) is 1. The van der Waals surface area contributed by atoms with Crippen LogP contribution in [0.3, 0.4) is 0 Å². The van der Waals surface area contributed by atoms with E-state index in [0.29, 0.717) is 19.5 Å². The summed E-state index contributed by atoms with van der Waals surface area (Å²) in [6, 6.07) is 0. The van der Waals surface area contributed by atoms with Crippen LogP contribution in [0.4, 0.5) is 0 Å². The van der Waals surface area contributed by atoms with Gasteiger partial charge < -0.3 is 15.7 Å². The van der Waals surface area contributed by atoms with Gasteiger partial charge in [0, 0.05) is 19.5 Å². The fraction of sp³-hybridized carbons (Fsp3) is 0.923. The zero-order valence-electron chi connectivity index (χ0n) is 11.1. The van der Waals surface area contributed by atoms with E-state index in [4.69, 9.17) is 5.73 Å². The lowest BCUT2D eigenvalue weighted by atomic mass is 9.84. The van der Waals surface area contributed by atoms with Crippen molar-refractivity contribution in [1.29, 1.82) is 0 Å². The molecule has 3 N–H and O–H groups in total. The summed E-state index contributed by atoms with van der Waals surface area (Å²) < 4.78 is 0. The molecule has 1 aliphatic rings. The number of carbonyl (C=O) groups excluding carboxylic acids is 1. The summed E-state index contributed by atoms with van der Waals surface area (Å²) in [4.78, 5) is 13.8. The van der Waals surface area contributed by atoms with E-state index in [1.807, 2.05) is 0 Å². The van der Waals surface area contributed by atoms with Gasteiger partial charge in [-0.1, -0.05) is 13.8 Å². The van der Waals surface area contributed by atoms with E-state index in [1.165, 1.54) is 0 Å². The fourth-order valence-corrected chi connectivity index (χ4v) is 2.30. The Bertz CT molecular complexity index is 254. The van der Waals surface area contributed by atoms with Crippen molar-refractivity contribution in [2.45, 2.75) is 52.1 Å². The summed E-state index contributed by atoms with van der Waals surface area (Å²) in [5.41, 5.74) is 5.69. The lowest BCUT2D eigenvalue weighted by Crippen LogP contribution is -2.42. The molecule has 0 bridgehead atoms. The van der Waals surface area contributed by atoms with Crippen molar-refractivity contribution >= 4 is 5.91 Å². The molecule has 1 saturated heterocycles. The van der Waals surface area contributed by atoms with E-state index < -0.39 is 0 Å². The fourth-order valence-electron chi connectivity index (χ4n) is 2.30. The number of piperidine rings is 1. The molecular formula is C13H26N2O2. The van der Waals surface area contributed by atoms with Gasteiger partial charge >= 0.3 is 0 Å². The van der Waals surface area contributed by atoms with Crippen LogP contribution in [0.1, 0.15) is 46.0 Å². The molecule has 0 aromatic heterocycles. The Labute approximate surface area is 104 Å². The Morgan fingerprint density at radius 3 is 2.76 bits per heavy atom. The summed E-state index contributed by atoms with van der Waals surface area (Å²) in [6.07, 6.45) is 3.80. The number of rotatable bonds is 5. The minimum atomic E-state index is -0.329. The molecule has 1 amide bonds. The molecule has 0 saturated carbocycles. The Morgan fingerprint density at radius 1 is 1.47 bits per heavy atom. The van der Waals surface area contributed by atoms with E-state index in [1.54, 1.807) is 4.90 Å². The summed E-state index contributed by atoms with van der Waals surface area (Å²) in [5.74, 6) is 0.175. The van der Waals surface area contributed by atoms with Crippen LogP contribution in [0, 0.1) is 5.41 Å². The van der Waals surface area contributed by atoms with Crippen LogP contribution in [-0.4, -0.2) is 41.7 Å². The standard InChI is InChI=1S/C13H26N2O2/c1-13(2,7-8-14)6-5-12(17)15-9-3-4-11(16)10-15/h11,16H,3-10,14H2,1-2H3/t11-/m0/s1. The number of hydrogen-bond acceptors (Lipinski definition) is 3. The molecular weight excluding hydrogens is 216 g/mol. The Kier molecular flexibility index (Phi) is 5.40. The lowest BCUT2D eigenvalue weighted by Gasteiger charge is -2.31. The molecule has 1 aliphatic heterocycles. The number of aliphatic hydroxyl groups is 1. The molecule has 1 atom stereocenters. The highest BCUT2D eigenvalue weighted by Crippen LogP contribution is 2.26. The molecule has 17 heavy (non-hydrogen) atoms. The minimum absolute atomic E-state index is 0.138. The van der Waals surface area contributed by atoms with Crippen LogP contribution < -0.4 is 5.73 Å². The predicted molar refractivity (Wildman–Crippen MR) is 68.5 cm³/mol. The van der Waals surface area contributed by atoms with Gasteiger partial charge in [0.05, 0.1) is 6.10 Å². The van der Waals surface area contributed by atoms with Gasteiger partial charge in [-0.05, 0) is 37.6 Å². The number of β-amino-alcohol motifs (C(OH)–C–C–N with tert-alkyl or cyclic N) is 1. The molecule has 0 aromatic carbocycles. The summed E-state index contributed by atoms with van der Waals surface area (Å²) in [7, 11) is 0. The van der Waals surface area contributed by atoms with Gasteiger partial charge in [-0.25, -0.2) is 0 Å². The van der Waals surface area contributed by atoms with Crippen molar-refractivity contribution in [1.82, 2.24) is 4.90 Å². The van der Waals surface area contributed by atoms with Crippen LogP contribution in [0.15, 0.2) is 0 Å². The first kappa shape index (κ1) is 14.5. The second-order valence-electron chi connectivity index (χ2n) is 5.84. The van der Waals surface area contributed by atoms with Gasteiger partial charge in [-0.2, -0.15) is 0 Å². The van der Waals surface area contributed by atoms with Gasteiger partial charge in [0.2, 0.25) is 5.91 Å². The second-order valence-corrected chi connectivity index (χ2v) is 5.84. The Hall–Kier alpha value is -0.610. The molecule has 4 nitrogen and oxygen atoms in total. The Balaban J connectivity index is 2.33. The number of hydrogen-bond donors (Lipinski definition) is 2. The Morgan fingerprint density at radius 2 is 2.18 bits per heavy atom. The zero-order chi connectivity index (χ0) is 12.9. The number of nitrogens with zero attached hydrogens (tertiary/aromatic N) is 1. The van der Waals surface area contributed by atoms with E-state index in [9.17, 15) is 9.90 Å². The van der Waals surface area contributed by atoms with Gasteiger partial charge in [-0.3, -0.25) is 4.79 Å². The zero-order valence-corrected chi connectivity index (χ0v) is 11.1. The normalized spacial score (nSPS) is 21.6. The molecule has 0 aromatic rings. The van der Waals surface area contributed by atoms with Crippen molar-refractivity contribution < 1.29 is 9.90 Å². The number of nitrogens with two attached hydrogens (primary N) is 1. The van der Waals surface area contributed by atoms with Gasteiger partial charge in [0.15, 0.2) is 0 Å². The molecule has 0 spiro atoms. The van der Waals surface area contributed by atoms with Crippen LogP contribution in [0.5, 0.6) is 0 Å². The maximum absolute atomic E-state index is 12.0. The molecule has 0 unspecified atom stereocenters. The van der Waals surface area contributed by atoms with Crippen molar-refractivity contribution in [3.8, 4) is 0 Å².